The fourth-order valence-corrected chi connectivity index (χ4v) is 3.27. The van der Waals surface area contributed by atoms with Gasteiger partial charge in [0.05, 0.1) is 23.7 Å². The molecule has 0 saturated heterocycles. The summed E-state index contributed by atoms with van der Waals surface area (Å²) in [5.41, 5.74) is 9.93. The summed E-state index contributed by atoms with van der Waals surface area (Å²) in [6.45, 7) is 1.07. The summed E-state index contributed by atoms with van der Waals surface area (Å²) in [6.07, 6.45) is 0.617. The van der Waals surface area contributed by atoms with Crippen molar-refractivity contribution in [3.05, 3.63) is 96.1 Å². The van der Waals surface area contributed by atoms with Gasteiger partial charge < -0.3 is 10.5 Å². The number of rotatable bonds is 7. The summed E-state index contributed by atoms with van der Waals surface area (Å²) < 4.78 is 21.6. The normalized spacial score (nSPS) is 12.4. The van der Waals surface area contributed by atoms with Gasteiger partial charge in [0.15, 0.2) is 0 Å². The largest absolute Gasteiger partial charge is 0.377 e. The minimum absolute atomic E-state index is 0.295. The highest BCUT2D eigenvalue weighted by atomic mass is 19.1. The van der Waals surface area contributed by atoms with Gasteiger partial charge in [-0.25, -0.2) is 9.37 Å². The van der Waals surface area contributed by atoms with Gasteiger partial charge in [-0.15, -0.1) is 0 Å². The Morgan fingerprint density at radius 3 is 2.43 bits per heavy atom. The minimum Gasteiger partial charge on any atom is -0.377 e. The zero-order valence-corrected chi connectivity index (χ0v) is 15.5. The van der Waals surface area contributed by atoms with Gasteiger partial charge in [0.25, 0.3) is 0 Å². The van der Waals surface area contributed by atoms with E-state index in [0.717, 1.165) is 16.8 Å². The molecule has 0 amide bonds. The SMILES string of the molecule is NC(CCOCc1ccccc1)c1nc2ccc(F)cc2n1-c1ccccc1. The highest BCUT2D eigenvalue weighted by Gasteiger charge is 2.18. The summed E-state index contributed by atoms with van der Waals surface area (Å²) in [6, 6.07) is 24.1. The highest BCUT2D eigenvalue weighted by Crippen LogP contribution is 2.26. The zero-order valence-electron chi connectivity index (χ0n) is 15.5. The van der Waals surface area contributed by atoms with Crippen LogP contribution in [0.4, 0.5) is 4.39 Å². The van der Waals surface area contributed by atoms with Crippen molar-refractivity contribution < 1.29 is 9.13 Å². The number of fused-ring (bicyclic) bond motifs is 1. The highest BCUT2D eigenvalue weighted by molar-refractivity contribution is 5.78. The van der Waals surface area contributed by atoms with Gasteiger partial charge in [0.1, 0.15) is 11.6 Å². The standard InChI is InChI=1S/C23H22FN3O/c24-18-11-12-21-22(15-18)27(19-9-5-2-6-10-19)23(26-21)20(25)13-14-28-16-17-7-3-1-4-8-17/h1-12,15,20H,13-14,16,25H2. The van der Waals surface area contributed by atoms with E-state index in [4.69, 9.17) is 10.5 Å². The van der Waals surface area contributed by atoms with Crippen molar-refractivity contribution in [2.24, 2.45) is 5.73 Å². The first kappa shape index (κ1) is 18.3. The third-order valence-electron chi connectivity index (χ3n) is 4.67. The van der Waals surface area contributed by atoms with Crippen LogP contribution < -0.4 is 5.73 Å². The van der Waals surface area contributed by atoms with Crippen molar-refractivity contribution in [3.63, 3.8) is 0 Å². The van der Waals surface area contributed by atoms with E-state index in [1.807, 2.05) is 65.2 Å². The zero-order chi connectivity index (χ0) is 19.3. The lowest BCUT2D eigenvalue weighted by atomic mass is 10.2. The second kappa shape index (κ2) is 8.33. The number of hydrogen-bond acceptors (Lipinski definition) is 3. The quantitative estimate of drug-likeness (QED) is 0.473. The van der Waals surface area contributed by atoms with Crippen LogP contribution in [0.25, 0.3) is 16.7 Å². The Labute approximate surface area is 163 Å². The van der Waals surface area contributed by atoms with Crippen LogP contribution in [0.1, 0.15) is 23.9 Å². The molecule has 0 aliphatic rings. The Hall–Kier alpha value is -3.02. The van der Waals surface area contributed by atoms with Crippen LogP contribution in [-0.4, -0.2) is 16.2 Å². The Morgan fingerprint density at radius 1 is 0.964 bits per heavy atom. The fraction of sp³-hybridized carbons (Fsp3) is 0.174. The maximum absolute atomic E-state index is 13.9. The van der Waals surface area contributed by atoms with Crippen molar-refractivity contribution in [1.82, 2.24) is 9.55 Å². The summed E-state index contributed by atoms with van der Waals surface area (Å²) in [5.74, 6) is 0.408. The number of ether oxygens (including phenoxy) is 1. The first-order valence-corrected chi connectivity index (χ1v) is 9.33. The van der Waals surface area contributed by atoms with Crippen LogP contribution in [0.15, 0.2) is 78.9 Å². The predicted octanol–water partition coefficient (Wildman–Crippen LogP) is 4.77. The molecule has 5 heteroatoms. The molecule has 0 fully saturated rings. The molecule has 0 spiro atoms. The molecule has 28 heavy (non-hydrogen) atoms. The third-order valence-corrected chi connectivity index (χ3v) is 4.67. The molecular formula is C23H22FN3O. The Kier molecular flexibility index (Phi) is 5.46. The molecule has 1 heterocycles. The van der Waals surface area contributed by atoms with Gasteiger partial charge in [0, 0.05) is 18.4 Å². The molecule has 4 aromatic rings. The maximum Gasteiger partial charge on any atom is 0.131 e. The van der Waals surface area contributed by atoms with E-state index in [9.17, 15) is 4.39 Å². The van der Waals surface area contributed by atoms with Crippen molar-refractivity contribution in [2.75, 3.05) is 6.61 Å². The molecule has 3 aromatic carbocycles. The number of benzene rings is 3. The molecule has 1 aromatic heterocycles. The van der Waals surface area contributed by atoms with Crippen molar-refractivity contribution >= 4 is 11.0 Å². The number of para-hydroxylation sites is 1. The number of imidazole rings is 1. The van der Waals surface area contributed by atoms with E-state index in [0.29, 0.717) is 31.0 Å². The molecule has 2 N–H and O–H groups in total. The van der Waals surface area contributed by atoms with Crippen LogP contribution in [0.2, 0.25) is 0 Å². The van der Waals surface area contributed by atoms with Crippen LogP contribution in [0, 0.1) is 5.82 Å². The van der Waals surface area contributed by atoms with Gasteiger partial charge in [-0.05, 0) is 36.2 Å². The molecule has 0 saturated carbocycles. The second-order valence-corrected chi connectivity index (χ2v) is 6.71. The maximum atomic E-state index is 13.9. The number of halogens is 1. The van der Waals surface area contributed by atoms with Crippen LogP contribution >= 0.6 is 0 Å². The summed E-state index contributed by atoms with van der Waals surface area (Å²) in [7, 11) is 0. The van der Waals surface area contributed by atoms with Crippen molar-refractivity contribution in [1.29, 1.82) is 0 Å². The lowest BCUT2D eigenvalue weighted by Gasteiger charge is -2.15. The van der Waals surface area contributed by atoms with E-state index < -0.39 is 0 Å². The molecule has 0 bridgehead atoms. The molecule has 4 nitrogen and oxygen atoms in total. The number of aromatic nitrogens is 2. The second-order valence-electron chi connectivity index (χ2n) is 6.71. The van der Waals surface area contributed by atoms with E-state index in [-0.39, 0.29) is 11.9 Å². The average molecular weight is 375 g/mol. The molecule has 1 atom stereocenters. The lowest BCUT2D eigenvalue weighted by molar-refractivity contribution is 0.113. The number of nitrogens with zero attached hydrogens (tertiary/aromatic N) is 2. The monoisotopic (exact) mass is 375 g/mol. The van der Waals surface area contributed by atoms with Gasteiger partial charge in [0.2, 0.25) is 0 Å². The van der Waals surface area contributed by atoms with Gasteiger partial charge in [-0.3, -0.25) is 4.57 Å². The van der Waals surface area contributed by atoms with Gasteiger partial charge in [-0.1, -0.05) is 48.5 Å². The summed E-state index contributed by atoms with van der Waals surface area (Å²) in [5, 5.41) is 0. The fourth-order valence-electron chi connectivity index (χ4n) is 3.27. The molecule has 4 rings (SSSR count). The molecule has 0 aliphatic carbocycles. The minimum atomic E-state index is -0.327. The number of nitrogens with two attached hydrogens (primary N) is 1. The van der Waals surface area contributed by atoms with E-state index >= 15 is 0 Å². The Morgan fingerprint density at radius 2 is 1.68 bits per heavy atom. The van der Waals surface area contributed by atoms with E-state index in [1.165, 1.54) is 12.1 Å². The molecule has 0 radical (unpaired) electrons. The summed E-state index contributed by atoms with van der Waals surface area (Å²) >= 11 is 0. The smallest absolute Gasteiger partial charge is 0.131 e. The lowest BCUT2D eigenvalue weighted by Crippen LogP contribution is -2.18. The predicted molar refractivity (Wildman–Crippen MR) is 109 cm³/mol. The molecular weight excluding hydrogens is 353 g/mol. The molecule has 1 unspecified atom stereocenters. The topological polar surface area (TPSA) is 53.1 Å². The summed E-state index contributed by atoms with van der Waals surface area (Å²) in [4.78, 5) is 4.68. The molecule has 142 valence electrons. The van der Waals surface area contributed by atoms with Crippen LogP contribution in [-0.2, 0) is 11.3 Å². The number of hydrogen-bond donors (Lipinski definition) is 1. The van der Waals surface area contributed by atoms with E-state index in [2.05, 4.69) is 4.98 Å². The molecule has 0 aliphatic heterocycles. The van der Waals surface area contributed by atoms with Crippen molar-refractivity contribution in [3.8, 4) is 5.69 Å². The van der Waals surface area contributed by atoms with E-state index in [1.54, 1.807) is 6.07 Å². The third kappa shape index (κ3) is 3.96. The van der Waals surface area contributed by atoms with Crippen molar-refractivity contribution in [2.45, 2.75) is 19.1 Å². The first-order chi connectivity index (χ1) is 13.7. The van der Waals surface area contributed by atoms with Crippen LogP contribution in [0.3, 0.4) is 0 Å². The van der Waals surface area contributed by atoms with Gasteiger partial charge in [-0.2, -0.15) is 0 Å². The van der Waals surface area contributed by atoms with Crippen LogP contribution in [0.5, 0.6) is 0 Å². The Bertz CT molecular complexity index is 1050. The van der Waals surface area contributed by atoms with Gasteiger partial charge >= 0.3 is 0 Å². The average Bonchev–Trinajstić information content (AvgIpc) is 3.11. The Balaban J connectivity index is 1.55. The first-order valence-electron chi connectivity index (χ1n) is 9.33.